The molecule has 0 spiro atoms. The zero-order valence-corrected chi connectivity index (χ0v) is 13.9. The van der Waals surface area contributed by atoms with E-state index < -0.39 is 5.41 Å². The van der Waals surface area contributed by atoms with E-state index in [4.69, 9.17) is 10.9 Å². The monoisotopic (exact) mass is 303 g/mol. The van der Waals surface area contributed by atoms with Gasteiger partial charge in [-0.1, -0.05) is 38.8 Å². The third kappa shape index (κ3) is 5.23. The van der Waals surface area contributed by atoms with E-state index >= 15 is 0 Å². The number of amides is 1. The van der Waals surface area contributed by atoms with Crippen LogP contribution >= 0.6 is 11.8 Å². The van der Waals surface area contributed by atoms with Crippen LogP contribution in [0.1, 0.15) is 46.5 Å². The Bertz CT molecular complexity index is 316. The molecular formula is C14H29N3O2S. The third-order valence-corrected chi connectivity index (χ3v) is 4.35. The fraction of sp³-hybridized carbons (Fsp3) is 0.857. The van der Waals surface area contributed by atoms with Crippen molar-refractivity contribution in [2.45, 2.75) is 46.5 Å². The largest absolute Gasteiger partial charge is 0.409 e. The van der Waals surface area contributed by atoms with Crippen molar-refractivity contribution in [3.05, 3.63) is 0 Å². The molecular weight excluding hydrogens is 274 g/mol. The van der Waals surface area contributed by atoms with Crippen LogP contribution in [0, 0.1) is 11.3 Å². The zero-order valence-electron chi connectivity index (χ0n) is 13.1. The van der Waals surface area contributed by atoms with Crippen LogP contribution in [-0.2, 0) is 4.79 Å². The van der Waals surface area contributed by atoms with Gasteiger partial charge in [0.2, 0.25) is 5.91 Å². The zero-order chi connectivity index (χ0) is 15.6. The Morgan fingerprint density at radius 3 is 2.35 bits per heavy atom. The smallest absolute Gasteiger partial charge is 0.233 e. The number of nitrogens with zero attached hydrogens (tertiary/aromatic N) is 1. The van der Waals surface area contributed by atoms with Crippen LogP contribution in [0.15, 0.2) is 5.16 Å². The lowest BCUT2D eigenvalue weighted by atomic mass is 9.77. The SMILES string of the molecule is CCCC(CCC)(C(=O)NCC(C)CSC)C(N)=NO. The fourth-order valence-corrected chi connectivity index (χ4v) is 3.14. The molecule has 0 heterocycles. The van der Waals surface area contributed by atoms with Crippen molar-refractivity contribution >= 4 is 23.5 Å². The summed E-state index contributed by atoms with van der Waals surface area (Å²) in [6, 6.07) is 0. The van der Waals surface area contributed by atoms with E-state index in [1.54, 1.807) is 11.8 Å². The van der Waals surface area contributed by atoms with Gasteiger partial charge in [-0.2, -0.15) is 11.8 Å². The Morgan fingerprint density at radius 1 is 1.40 bits per heavy atom. The summed E-state index contributed by atoms with van der Waals surface area (Å²) in [5.74, 6) is 1.31. The molecule has 0 saturated heterocycles. The van der Waals surface area contributed by atoms with Crippen molar-refractivity contribution < 1.29 is 10.0 Å². The van der Waals surface area contributed by atoms with E-state index in [0.29, 0.717) is 25.3 Å². The first kappa shape index (κ1) is 19.1. The van der Waals surface area contributed by atoms with E-state index in [1.165, 1.54) is 0 Å². The summed E-state index contributed by atoms with van der Waals surface area (Å²) in [7, 11) is 0. The normalized spacial score (nSPS) is 14.1. The van der Waals surface area contributed by atoms with Gasteiger partial charge in [-0.15, -0.1) is 0 Å². The maximum atomic E-state index is 12.6. The highest BCUT2D eigenvalue weighted by Crippen LogP contribution is 2.30. The first-order chi connectivity index (χ1) is 9.48. The van der Waals surface area contributed by atoms with E-state index in [9.17, 15) is 4.79 Å². The van der Waals surface area contributed by atoms with Gasteiger partial charge in [0, 0.05) is 6.54 Å². The summed E-state index contributed by atoms with van der Waals surface area (Å²) in [5, 5.41) is 15.1. The quantitative estimate of drug-likeness (QED) is 0.250. The number of amidine groups is 1. The molecule has 0 aliphatic heterocycles. The molecule has 0 aromatic heterocycles. The molecule has 1 atom stereocenters. The predicted molar refractivity (Wildman–Crippen MR) is 86.2 cm³/mol. The molecule has 1 amide bonds. The van der Waals surface area contributed by atoms with E-state index in [-0.39, 0.29) is 11.7 Å². The van der Waals surface area contributed by atoms with Gasteiger partial charge in [-0.3, -0.25) is 4.79 Å². The minimum absolute atomic E-state index is 0.0243. The highest BCUT2D eigenvalue weighted by Gasteiger charge is 2.41. The maximum Gasteiger partial charge on any atom is 0.233 e. The second-order valence-electron chi connectivity index (χ2n) is 5.34. The number of hydrogen-bond donors (Lipinski definition) is 3. The van der Waals surface area contributed by atoms with Crippen molar-refractivity contribution in [2.75, 3.05) is 18.6 Å². The Morgan fingerprint density at radius 2 is 1.95 bits per heavy atom. The maximum absolute atomic E-state index is 12.6. The number of thioether (sulfide) groups is 1. The third-order valence-electron chi connectivity index (χ3n) is 3.45. The molecule has 0 saturated carbocycles. The number of rotatable bonds is 10. The molecule has 0 aliphatic rings. The van der Waals surface area contributed by atoms with E-state index in [1.807, 2.05) is 20.1 Å². The number of oxime groups is 1. The molecule has 0 fully saturated rings. The molecule has 118 valence electrons. The van der Waals surface area contributed by atoms with Crippen LogP contribution in [-0.4, -0.2) is 35.5 Å². The van der Waals surface area contributed by atoms with Crippen molar-refractivity contribution in [1.29, 1.82) is 0 Å². The topological polar surface area (TPSA) is 87.7 Å². The highest BCUT2D eigenvalue weighted by molar-refractivity contribution is 7.98. The Hall–Kier alpha value is -0.910. The molecule has 0 aromatic carbocycles. The summed E-state index contributed by atoms with van der Waals surface area (Å²) in [4.78, 5) is 12.6. The number of carbonyl (C=O) groups excluding carboxylic acids is 1. The molecule has 0 rings (SSSR count). The lowest BCUT2D eigenvalue weighted by Gasteiger charge is -2.31. The van der Waals surface area contributed by atoms with Crippen molar-refractivity contribution in [3.8, 4) is 0 Å². The van der Waals surface area contributed by atoms with Gasteiger partial charge >= 0.3 is 0 Å². The van der Waals surface area contributed by atoms with Crippen LogP contribution < -0.4 is 11.1 Å². The standard InChI is InChI=1S/C14H29N3O2S/c1-5-7-14(8-6-2,12(15)17-19)13(18)16-9-11(3)10-20-4/h11,19H,5-10H2,1-4H3,(H2,15,17)(H,16,18). The van der Waals surface area contributed by atoms with Gasteiger partial charge < -0.3 is 16.3 Å². The van der Waals surface area contributed by atoms with Crippen molar-refractivity contribution in [3.63, 3.8) is 0 Å². The molecule has 0 radical (unpaired) electrons. The predicted octanol–water partition coefficient (Wildman–Crippen LogP) is 2.43. The van der Waals surface area contributed by atoms with Gasteiger partial charge in [-0.25, -0.2) is 0 Å². The van der Waals surface area contributed by atoms with Crippen LogP contribution in [0.2, 0.25) is 0 Å². The second kappa shape index (κ2) is 9.91. The number of nitrogens with two attached hydrogens (primary N) is 1. The minimum atomic E-state index is -0.878. The van der Waals surface area contributed by atoms with Crippen LogP contribution in [0.4, 0.5) is 0 Å². The van der Waals surface area contributed by atoms with E-state index in [2.05, 4.69) is 17.4 Å². The summed E-state index contributed by atoms with van der Waals surface area (Å²) in [6.07, 6.45) is 4.86. The molecule has 20 heavy (non-hydrogen) atoms. The number of nitrogens with one attached hydrogen (secondary N) is 1. The number of carbonyl (C=O) groups is 1. The molecule has 0 aliphatic carbocycles. The molecule has 0 bridgehead atoms. The average molecular weight is 303 g/mol. The first-order valence-corrected chi connectivity index (χ1v) is 8.63. The summed E-state index contributed by atoms with van der Waals surface area (Å²) >= 11 is 1.76. The molecule has 5 nitrogen and oxygen atoms in total. The van der Waals surface area contributed by atoms with Gasteiger partial charge in [0.15, 0.2) is 5.84 Å². The lowest BCUT2D eigenvalue weighted by molar-refractivity contribution is -0.128. The Balaban J connectivity index is 4.96. The molecule has 6 heteroatoms. The highest BCUT2D eigenvalue weighted by atomic mass is 32.2. The van der Waals surface area contributed by atoms with Crippen LogP contribution in [0.3, 0.4) is 0 Å². The van der Waals surface area contributed by atoms with Crippen molar-refractivity contribution in [1.82, 2.24) is 5.32 Å². The van der Waals surface area contributed by atoms with Gasteiger partial charge in [0.05, 0.1) is 0 Å². The van der Waals surface area contributed by atoms with Gasteiger partial charge in [0.1, 0.15) is 5.41 Å². The van der Waals surface area contributed by atoms with Crippen LogP contribution in [0.5, 0.6) is 0 Å². The van der Waals surface area contributed by atoms with E-state index in [0.717, 1.165) is 18.6 Å². The average Bonchev–Trinajstić information content (AvgIpc) is 2.43. The second-order valence-corrected chi connectivity index (χ2v) is 6.25. The first-order valence-electron chi connectivity index (χ1n) is 7.23. The van der Waals surface area contributed by atoms with Gasteiger partial charge in [0.25, 0.3) is 0 Å². The minimum Gasteiger partial charge on any atom is -0.409 e. The molecule has 0 aromatic rings. The molecule has 4 N–H and O–H groups in total. The molecule has 1 unspecified atom stereocenters. The Labute approximate surface area is 126 Å². The summed E-state index contributed by atoms with van der Waals surface area (Å²) < 4.78 is 0. The summed E-state index contributed by atoms with van der Waals surface area (Å²) in [6.45, 7) is 6.71. The van der Waals surface area contributed by atoms with Crippen molar-refractivity contribution in [2.24, 2.45) is 22.2 Å². The van der Waals surface area contributed by atoms with Crippen LogP contribution in [0.25, 0.3) is 0 Å². The van der Waals surface area contributed by atoms with Gasteiger partial charge in [-0.05, 0) is 30.8 Å². The fourth-order valence-electron chi connectivity index (χ4n) is 2.45. The lowest BCUT2D eigenvalue weighted by Crippen LogP contribution is -2.50. The Kier molecular flexibility index (Phi) is 9.46. The number of hydrogen-bond acceptors (Lipinski definition) is 4. The summed E-state index contributed by atoms with van der Waals surface area (Å²) in [5.41, 5.74) is 4.95.